The number of rotatable bonds is 3. The van der Waals surface area contributed by atoms with E-state index in [-0.39, 0.29) is 11.2 Å². The first kappa shape index (κ1) is 15.1. The second-order valence-electron chi connectivity index (χ2n) is 5.12. The standard InChI is InChI=1S/C17H15ClN2OS/c1-11-4-2-3-5-12(11)10-15-16(21)20-17(22-15)19-14-8-6-13(18)7-9-14/h2-9,15H,10H2,1H3,(H,19,20,21)/t15-/m0/s1. The molecule has 1 N–H and O–H groups in total. The summed E-state index contributed by atoms with van der Waals surface area (Å²) in [6.07, 6.45) is 0.711. The van der Waals surface area contributed by atoms with Crippen LogP contribution in [0.2, 0.25) is 5.02 Å². The van der Waals surface area contributed by atoms with E-state index in [1.54, 1.807) is 12.1 Å². The molecule has 0 aliphatic carbocycles. The van der Waals surface area contributed by atoms with Crippen molar-refractivity contribution in [2.45, 2.75) is 18.6 Å². The summed E-state index contributed by atoms with van der Waals surface area (Å²) < 4.78 is 0. The molecule has 1 atom stereocenters. The number of amidine groups is 1. The number of aliphatic imine (C=N–C) groups is 1. The Morgan fingerprint density at radius 2 is 1.91 bits per heavy atom. The van der Waals surface area contributed by atoms with Crippen molar-refractivity contribution in [2.75, 3.05) is 0 Å². The second kappa shape index (κ2) is 6.55. The largest absolute Gasteiger partial charge is 0.304 e. The molecule has 0 unspecified atom stereocenters. The zero-order valence-corrected chi connectivity index (χ0v) is 13.6. The number of carbonyl (C=O) groups excluding carboxylic acids is 1. The fraction of sp³-hybridized carbons (Fsp3) is 0.176. The van der Waals surface area contributed by atoms with Crippen molar-refractivity contribution in [3.63, 3.8) is 0 Å². The number of halogens is 1. The van der Waals surface area contributed by atoms with Crippen molar-refractivity contribution in [1.29, 1.82) is 0 Å². The third-order valence-electron chi connectivity index (χ3n) is 3.50. The zero-order chi connectivity index (χ0) is 15.5. The number of hydrogen-bond acceptors (Lipinski definition) is 3. The van der Waals surface area contributed by atoms with Crippen LogP contribution in [0.1, 0.15) is 11.1 Å². The molecule has 2 aromatic carbocycles. The van der Waals surface area contributed by atoms with Crippen LogP contribution in [0, 0.1) is 6.92 Å². The van der Waals surface area contributed by atoms with Gasteiger partial charge in [-0.3, -0.25) is 4.79 Å². The van der Waals surface area contributed by atoms with E-state index in [9.17, 15) is 4.79 Å². The summed E-state index contributed by atoms with van der Waals surface area (Å²) in [5.74, 6) is 0.0148. The van der Waals surface area contributed by atoms with Gasteiger partial charge in [0.2, 0.25) is 5.91 Å². The molecule has 1 heterocycles. The van der Waals surface area contributed by atoms with Gasteiger partial charge in [0, 0.05) is 5.02 Å². The molecule has 0 radical (unpaired) electrons. The highest BCUT2D eigenvalue weighted by atomic mass is 35.5. The fourth-order valence-electron chi connectivity index (χ4n) is 2.26. The van der Waals surface area contributed by atoms with Gasteiger partial charge in [-0.1, -0.05) is 47.6 Å². The van der Waals surface area contributed by atoms with Gasteiger partial charge in [-0.25, -0.2) is 4.99 Å². The molecule has 0 spiro atoms. The maximum atomic E-state index is 12.1. The van der Waals surface area contributed by atoms with Crippen LogP contribution in [0.15, 0.2) is 53.5 Å². The van der Waals surface area contributed by atoms with E-state index in [2.05, 4.69) is 29.4 Å². The van der Waals surface area contributed by atoms with Gasteiger partial charge in [-0.2, -0.15) is 0 Å². The van der Waals surface area contributed by atoms with E-state index in [0.717, 1.165) is 5.69 Å². The summed E-state index contributed by atoms with van der Waals surface area (Å²) in [6.45, 7) is 2.07. The Balaban J connectivity index is 1.73. The van der Waals surface area contributed by atoms with E-state index in [0.29, 0.717) is 16.6 Å². The Morgan fingerprint density at radius 1 is 1.18 bits per heavy atom. The van der Waals surface area contributed by atoms with Crippen molar-refractivity contribution in [2.24, 2.45) is 4.99 Å². The maximum absolute atomic E-state index is 12.1. The van der Waals surface area contributed by atoms with Crippen LogP contribution in [0.25, 0.3) is 0 Å². The molecular weight excluding hydrogens is 316 g/mol. The molecule has 1 amide bonds. The predicted octanol–water partition coefficient (Wildman–Crippen LogP) is 4.11. The molecule has 0 saturated carbocycles. The van der Waals surface area contributed by atoms with Crippen molar-refractivity contribution >= 4 is 40.1 Å². The quantitative estimate of drug-likeness (QED) is 0.920. The van der Waals surface area contributed by atoms with Crippen LogP contribution in [0.5, 0.6) is 0 Å². The van der Waals surface area contributed by atoms with E-state index in [4.69, 9.17) is 11.6 Å². The lowest BCUT2D eigenvalue weighted by Crippen LogP contribution is -2.26. The van der Waals surface area contributed by atoms with Crippen molar-refractivity contribution in [3.05, 3.63) is 64.7 Å². The highest BCUT2D eigenvalue weighted by Gasteiger charge is 2.30. The van der Waals surface area contributed by atoms with Gasteiger partial charge < -0.3 is 5.32 Å². The third kappa shape index (κ3) is 3.51. The minimum atomic E-state index is -0.132. The van der Waals surface area contributed by atoms with Crippen molar-refractivity contribution in [3.8, 4) is 0 Å². The molecule has 1 aliphatic rings. The highest BCUT2D eigenvalue weighted by Crippen LogP contribution is 2.27. The van der Waals surface area contributed by atoms with E-state index >= 15 is 0 Å². The molecule has 3 rings (SSSR count). The molecule has 3 nitrogen and oxygen atoms in total. The van der Waals surface area contributed by atoms with Crippen LogP contribution >= 0.6 is 23.4 Å². The monoisotopic (exact) mass is 330 g/mol. The van der Waals surface area contributed by atoms with Gasteiger partial charge in [0.15, 0.2) is 5.17 Å². The van der Waals surface area contributed by atoms with Gasteiger partial charge in [-0.05, 0) is 48.7 Å². The first-order valence-corrected chi connectivity index (χ1v) is 8.24. The Morgan fingerprint density at radius 3 is 2.64 bits per heavy atom. The molecule has 0 bridgehead atoms. The third-order valence-corrected chi connectivity index (χ3v) is 4.83. The van der Waals surface area contributed by atoms with E-state index in [1.807, 2.05) is 24.3 Å². The molecular formula is C17H15ClN2OS. The number of nitrogens with one attached hydrogen (secondary N) is 1. The average molecular weight is 331 g/mol. The molecule has 22 heavy (non-hydrogen) atoms. The Bertz CT molecular complexity index is 728. The topological polar surface area (TPSA) is 41.5 Å². The van der Waals surface area contributed by atoms with Gasteiger partial charge in [0.25, 0.3) is 0 Å². The van der Waals surface area contributed by atoms with Gasteiger partial charge in [0.1, 0.15) is 0 Å². The fourth-order valence-corrected chi connectivity index (χ4v) is 3.41. The predicted molar refractivity (Wildman–Crippen MR) is 93.0 cm³/mol. The number of carbonyl (C=O) groups is 1. The molecule has 1 saturated heterocycles. The van der Waals surface area contributed by atoms with Crippen LogP contribution in [-0.4, -0.2) is 16.3 Å². The molecule has 5 heteroatoms. The van der Waals surface area contributed by atoms with Crippen molar-refractivity contribution < 1.29 is 4.79 Å². The number of nitrogens with zero attached hydrogens (tertiary/aromatic N) is 1. The first-order chi connectivity index (χ1) is 10.6. The molecule has 1 fully saturated rings. The summed E-state index contributed by atoms with van der Waals surface area (Å²) >= 11 is 7.33. The van der Waals surface area contributed by atoms with Crippen molar-refractivity contribution in [1.82, 2.24) is 5.32 Å². The Labute approximate surface area is 138 Å². The number of hydrogen-bond donors (Lipinski definition) is 1. The molecule has 112 valence electrons. The smallest absolute Gasteiger partial charge is 0.239 e. The summed E-state index contributed by atoms with van der Waals surface area (Å²) in [5.41, 5.74) is 3.19. The normalized spacial score (nSPS) is 19.5. The first-order valence-electron chi connectivity index (χ1n) is 6.98. The molecule has 0 aromatic heterocycles. The maximum Gasteiger partial charge on any atom is 0.239 e. The van der Waals surface area contributed by atoms with E-state index < -0.39 is 0 Å². The van der Waals surface area contributed by atoms with Gasteiger partial charge in [0.05, 0.1) is 10.9 Å². The van der Waals surface area contributed by atoms with Crippen LogP contribution in [0.4, 0.5) is 5.69 Å². The highest BCUT2D eigenvalue weighted by molar-refractivity contribution is 8.15. The Kier molecular flexibility index (Phi) is 4.50. The van der Waals surface area contributed by atoms with E-state index in [1.165, 1.54) is 22.9 Å². The van der Waals surface area contributed by atoms with Crippen LogP contribution < -0.4 is 5.32 Å². The lowest BCUT2D eigenvalue weighted by atomic mass is 10.0. The average Bonchev–Trinajstić information content (AvgIpc) is 2.84. The SMILES string of the molecule is Cc1ccccc1C[C@@H]1SC(=Nc2ccc(Cl)cc2)NC1=O. The summed E-state index contributed by atoms with van der Waals surface area (Å²) in [4.78, 5) is 16.6. The summed E-state index contributed by atoms with van der Waals surface area (Å²) in [7, 11) is 0. The molecule has 2 aromatic rings. The lowest BCUT2D eigenvalue weighted by molar-refractivity contribution is -0.118. The van der Waals surface area contributed by atoms with Crippen LogP contribution in [0.3, 0.4) is 0 Å². The second-order valence-corrected chi connectivity index (χ2v) is 6.75. The number of aryl methyl sites for hydroxylation is 1. The lowest BCUT2D eigenvalue weighted by Gasteiger charge is -2.08. The minimum absolute atomic E-state index is 0.0148. The summed E-state index contributed by atoms with van der Waals surface area (Å²) in [6, 6.07) is 15.4. The number of benzene rings is 2. The van der Waals surface area contributed by atoms with Crippen LogP contribution in [-0.2, 0) is 11.2 Å². The Hall–Kier alpha value is -1.78. The zero-order valence-electron chi connectivity index (χ0n) is 12.0. The minimum Gasteiger partial charge on any atom is -0.304 e. The van der Waals surface area contributed by atoms with Gasteiger partial charge >= 0.3 is 0 Å². The van der Waals surface area contributed by atoms with Gasteiger partial charge in [-0.15, -0.1) is 0 Å². The molecule has 1 aliphatic heterocycles. The number of thioether (sulfide) groups is 1. The summed E-state index contributed by atoms with van der Waals surface area (Å²) in [5, 5.41) is 4.03. The number of amides is 1.